The van der Waals surface area contributed by atoms with Gasteiger partial charge >= 0.3 is 0 Å². The summed E-state index contributed by atoms with van der Waals surface area (Å²) >= 11 is 8.34. The third kappa shape index (κ3) is 2.57. The highest BCUT2D eigenvalue weighted by molar-refractivity contribution is 9.12. The van der Waals surface area contributed by atoms with E-state index >= 15 is 0 Å². The number of thiophene rings is 1. The van der Waals surface area contributed by atoms with Gasteiger partial charge in [0, 0.05) is 12.6 Å². The lowest BCUT2D eigenvalue weighted by Gasteiger charge is -2.20. The van der Waals surface area contributed by atoms with E-state index in [2.05, 4.69) is 38.4 Å². The molecule has 2 rings (SSSR count). The highest BCUT2D eigenvalue weighted by atomic mass is 79.9. The molecular weight excluding hydrogens is 354 g/mol. The zero-order valence-electron chi connectivity index (χ0n) is 8.58. The van der Waals surface area contributed by atoms with E-state index in [4.69, 9.17) is 0 Å². The molecule has 1 saturated carbocycles. The van der Waals surface area contributed by atoms with Gasteiger partial charge in [0.15, 0.2) is 0 Å². The van der Waals surface area contributed by atoms with E-state index in [0.29, 0.717) is 12.6 Å². The summed E-state index contributed by atoms with van der Waals surface area (Å²) in [7, 11) is 0. The molecule has 5 heteroatoms. The van der Waals surface area contributed by atoms with Crippen molar-refractivity contribution in [2.75, 3.05) is 6.54 Å². The van der Waals surface area contributed by atoms with Crippen molar-refractivity contribution in [3.63, 3.8) is 0 Å². The SMILES string of the molecule is C=CCN(C(=O)c1cc(Br)sc1Br)C1CC1. The van der Waals surface area contributed by atoms with Crippen LogP contribution in [0.2, 0.25) is 0 Å². The summed E-state index contributed by atoms with van der Waals surface area (Å²) in [5, 5.41) is 0. The van der Waals surface area contributed by atoms with Gasteiger partial charge < -0.3 is 4.90 Å². The van der Waals surface area contributed by atoms with Gasteiger partial charge in [-0.15, -0.1) is 17.9 Å². The average molecular weight is 365 g/mol. The number of hydrogen-bond acceptors (Lipinski definition) is 2. The lowest BCUT2D eigenvalue weighted by atomic mass is 10.3. The fourth-order valence-electron chi connectivity index (χ4n) is 1.56. The van der Waals surface area contributed by atoms with Crippen molar-refractivity contribution in [2.24, 2.45) is 0 Å². The number of carbonyl (C=O) groups excluding carboxylic acids is 1. The third-order valence-electron chi connectivity index (χ3n) is 2.46. The van der Waals surface area contributed by atoms with Crippen molar-refractivity contribution in [3.8, 4) is 0 Å². The smallest absolute Gasteiger partial charge is 0.256 e. The number of nitrogens with zero attached hydrogens (tertiary/aromatic N) is 1. The van der Waals surface area contributed by atoms with Crippen molar-refractivity contribution in [1.29, 1.82) is 0 Å². The fraction of sp³-hybridized carbons (Fsp3) is 0.364. The van der Waals surface area contributed by atoms with Gasteiger partial charge in [0.05, 0.1) is 13.1 Å². The van der Waals surface area contributed by atoms with Gasteiger partial charge in [0.25, 0.3) is 5.91 Å². The predicted molar refractivity (Wildman–Crippen MR) is 74.0 cm³/mol. The average Bonchev–Trinajstić information content (AvgIpc) is 3.00. The molecule has 2 nitrogen and oxygen atoms in total. The molecule has 0 atom stereocenters. The zero-order valence-corrected chi connectivity index (χ0v) is 12.6. The molecule has 0 bridgehead atoms. The Bertz CT molecular complexity index is 426. The van der Waals surface area contributed by atoms with Crippen LogP contribution < -0.4 is 0 Å². The van der Waals surface area contributed by atoms with Crippen LogP contribution in [0.25, 0.3) is 0 Å². The van der Waals surface area contributed by atoms with Crippen LogP contribution in [-0.2, 0) is 0 Å². The molecule has 0 radical (unpaired) electrons. The van der Waals surface area contributed by atoms with Crippen molar-refractivity contribution in [2.45, 2.75) is 18.9 Å². The summed E-state index contributed by atoms with van der Waals surface area (Å²) in [6, 6.07) is 2.28. The first-order valence-electron chi connectivity index (χ1n) is 5.00. The minimum Gasteiger partial charge on any atom is -0.332 e. The van der Waals surface area contributed by atoms with E-state index in [9.17, 15) is 4.79 Å². The number of amides is 1. The molecule has 1 aliphatic carbocycles. The van der Waals surface area contributed by atoms with Crippen LogP contribution in [0, 0.1) is 0 Å². The van der Waals surface area contributed by atoms with Crippen molar-refractivity contribution >= 4 is 49.1 Å². The lowest BCUT2D eigenvalue weighted by Crippen LogP contribution is -2.33. The van der Waals surface area contributed by atoms with E-state index < -0.39 is 0 Å². The van der Waals surface area contributed by atoms with Crippen LogP contribution in [0.15, 0.2) is 26.3 Å². The van der Waals surface area contributed by atoms with Gasteiger partial charge in [0.2, 0.25) is 0 Å². The molecule has 0 saturated heterocycles. The van der Waals surface area contributed by atoms with Crippen LogP contribution in [-0.4, -0.2) is 23.4 Å². The van der Waals surface area contributed by atoms with Crippen molar-refractivity contribution in [1.82, 2.24) is 4.90 Å². The Morgan fingerprint density at radius 2 is 2.31 bits per heavy atom. The van der Waals surface area contributed by atoms with E-state index in [-0.39, 0.29) is 5.91 Å². The minimum absolute atomic E-state index is 0.0937. The number of hydrogen-bond donors (Lipinski definition) is 0. The third-order valence-corrected chi connectivity index (χ3v) is 4.80. The first kappa shape index (κ1) is 12.3. The van der Waals surface area contributed by atoms with Gasteiger partial charge in [0.1, 0.15) is 0 Å². The van der Waals surface area contributed by atoms with Gasteiger partial charge in [-0.3, -0.25) is 4.79 Å². The molecule has 16 heavy (non-hydrogen) atoms. The maximum atomic E-state index is 12.3. The van der Waals surface area contributed by atoms with Crippen LogP contribution in [0.5, 0.6) is 0 Å². The fourth-order valence-corrected chi connectivity index (χ4v) is 4.34. The Morgan fingerprint density at radius 3 is 2.75 bits per heavy atom. The molecule has 0 aliphatic heterocycles. The van der Waals surface area contributed by atoms with Crippen molar-refractivity contribution < 1.29 is 4.79 Å². The zero-order chi connectivity index (χ0) is 11.7. The molecule has 0 aromatic carbocycles. The maximum absolute atomic E-state index is 12.3. The number of rotatable bonds is 4. The Morgan fingerprint density at radius 1 is 1.62 bits per heavy atom. The Hall–Kier alpha value is -0.130. The topological polar surface area (TPSA) is 20.3 Å². The maximum Gasteiger partial charge on any atom is 0.256 e. The molecule has 1 aromatic heterocycles. The van der Waals surface area contributed by atoms with E-state index in [1.165, 1.54) is 11.3 Å². The minimum atomic E-state index is 0.0937. The highest BCUT2D eigenvalue weighted by Gasteiger charge is 2.33. The van der Waals surface area contributed by atoms with Gasteiger partial charge in [-0.2, -0.15) is 0 Å². The second-order valence-electron chi connectivity index (χ2n) is 3.72. The Labute approximate surface area is 116 Å². The molecule has 1 amide bonds. The Balaban J connectivity index is 2.21. The van der Waals surface area contributed by atoms with Gasteiger partial charge in [-0.25, -0.2) is 0 Å². The van der Waals surface area contributed by atoms with E-state index in [0.717, 1.165) is 26.0 Å². The molecule has 0 N–H and O–H groups in total. The van der Waals surface area contributed by atoms with Crippen molar-refractivity contribution in [3.05, 3.63) is 31.9 Å². The summed E-state index contributed by atoms with van der Waals surface area (Å²) in [5.74, 6) is 0.0937. The van der Waals surface area contributed by atoms with Gasteiger partial charge in [-0.1, -0.05) is 6.08 Å². The van der Waals surface area contributed by atoms with Crippen LogP contribution >= 0.6 is 43.2 Å². The van der Waals surface area contributed by atoms with Crippen LogP contribution in [0.1, 0.15) is 23.2 Å². The number of carbonyl (C=O) groups is 1. The summed E-state index contributed by atoms with van der Waals surface area (Å²) in [6.07, 6.45) is 4.01. The number of halogens is 2. The van der Waals surface area contributed by atoms with Crippen LogP contribution in [0.4, 0.5) is 0 Å². The van der Waals surface area contributed by atoms with Gasteiger partial charge in [-0.05, 0) is 50.8 Å². The molecule has 1 aliphatic rings. The molecule has 1 fully saturated rings. The summed E-state index contributed by atoms with van der Waals surface area (Å²) in [4.78, 5) is 14.2. The Kier molecular flexibility index (Phi) is 3.87. The summed E-state index contributed by atoms with van der Waals surface area (Å²) in [6.45, 7) is 4.33. The first-order chi connectivity index (χ1) is 7.63. The lowest BCUT2D eigenvalue weighted by molar-refractivity contribution is 0.0762. The second-order valence-corrected chi connectivity index (χ2v) is 7.46. The van der Waals surface area contributed by atoms with E-state index in [1.54, 1.807) is 6.08 Å². The molecule has 1 heterocycles. The molecular formula is C11H11Br2NOS. The monoisotopic (exact) mass is 363 g/mol. The summed E-state index contributed by atoms with van der Waals surface area (Å²) in [5.41, 5.74) is 0.741. The van der Waals surface area contributed by atoms with Crippen LogP contribution in [0.3, 0.4) is 0 Å². The highest BCUT2D eigenvalue weighted by Crippen LogP contribution is 2.35. The standard InChI is InChI=1S/C11H11Br2NOS/c1-2-5-14(7-3-4-7)11(15)8-6-9(12)16-10(8)13/h2,6-7H,1,3-5H2. The van der Waals surface area contributed by atoms with E-state index in [1.807, 2.05) is 11.0 Å². The molecule has 1 aromatic rings. The predicted octanol–water partition coefficient (Wildman–Crippen LogP) is 4.06. The molecule has 86 valence electrons. The summed E-state index contributed by atoms with van der Waals surface area (Å²) < 4.78 is 1.86. The normalized spacial score (nSPS) is 14.9. The molecule has 0 unspecified atom stereocenters. The first-order valence-corrected chi connectivity index (χ1v) is 7.40. The second kappa shape index (κ2) is 5.02. The quantitative estimate of drug-likeness (QED) is 0.737. The molecule has 0 spiro atoms. The largest absolute Gasteiger partial charge is 0.332 e.